The van der Waals surface area contributed by atoms with Crippen LogP contribution in [-0.4, -0.2) is 75.0 Å². The summed E-state index contributed by atoms with van der Waals surface area (Å²) in [6.07, 6.45) is 9.28. The average Bonchev–Trinajstić information content (AvgIpc) is 3.59. The molecule has 0 aliphatic carbocycles. The van der Waals surface area contributed by atoms with Gasteiger partial charge in [-0.25, -0.2) is 0 Å². The first-order chi connectivity index (χ1) is 18.9. The van der Waals surface area contributed by atoms with E-state index in [0.29, 0.717) is 26.1 Å². The number of hydrogen-bond acceptors (Lipinski definition) is 6. The van der Waals surface area contributed by atoms with Gasteiger partial charge >= 0.3 is 5.97 Å². The molecule has 3 fully saturated rings. The van der Waals surface area contributed by atoms with E-state index in [1.54, 1.807) is 27.6 Å². The summed E-state index contributed by atoms with van der Waals surface area (Å²) >= 11 is 1.63. The van der Waals surface area contributed by atoms with E-state index in [0.717, 1.165) is 44.1 Å². The fraction of sp³-hybridized carbons (Fsp3) is 0.581. The Balaban J connectivity index is 1.71. The number of fused-ring (bicyclic) bond motifs is 1. The molecule has 3 heterocycles. The van der Waals surface area contributed by atoms with Gasteiger partial charge in [0.25, 0.3) is 0 Å². The molecule has 3 aliphatic rings. The zero-order valence-electron chi connectivity index (χ0n) is 23.0. The van der Waals surface area contributed by atoms with Crippen molar-refractivity contribution < 1.29 is 24.2 Å². The topological polar surface area (TPSA) is 87.2 Å². The number of aliphatic hydroxyl groups excluding tert-OH is 1. The van der Waals surface area contributed by atoms with E-state index in [1.807, 2.05) is 36.4 Å². The molecule has 2 bridgehead atoms. The molecule has 4 rings (SSSR count). The van der Waals surface area contributed by atoms with Crippen LogP contribution in [0.5, 0.6) is 0 Å². The van der Waals surface area contributed by atoms with Crippen molar-refractivity contribution in [2.75, 3.05) is 26.3 Å². The Hall–Kier alpha value is -2.58. The molecule has 8 heteroatoms. The van der Waals surface area contributed by atoms with Gasteiger partial charge in [0.2, 0.25) is 11.8 Å². The van der Waals surface area contributed by atoms with Crippen LogP contribution < -0.4 is 0 Å². The van der Waals surface area contributed by atoms with E-state index >= 15 is 0 Å². The maximum Gasteiger partial charge on any atom is 0.310 e. The highest BCUT2D eigenvalue weighted by Crippen LogP contribution is 2.67. The van der Waals surface area contributed by atoms with E-state index in [4.69, 9.17) is 4.74 Å². The number of esters is 1. The molecule has 2 amide bonds. The summed E-state index contributed by atoms with van der Waals surface area (Å²) in [6, 6.07) is 7.91. The lowest BCUT2D eigenvalue weighted by Gasteiger charge is -2.39. The second-order valence-corrected chi connectivity index (χ2v) is 12.4. The van der Waals surface area contributed by atoms with Crippen LogP contribution in [0.1, 0.15) is 63.5 Å². The van der Waals surface area contributed by atoms with E-state index in [2.05, 4.69) is 20.1 Å². The number of likely N-dealkylation sites (tertiary alicyclic amines) is 1. The molecule has 0 saturated carbocycles. The summed E-state index contributed by atoms with van der Waals surface area (Å²) in [4.78, 5) is 45.6. The molecule has 0 radical (unpaired) electrons. The third-order valence-corrected chi connectivity index (χ3v) is 10.4. The van der Waals surface area contributed by atoms with Gasteiger partial charge in [0.15, 0.2) is 0 Å². The number of rotatable bonds is 15. The van der Waals surface area contributed by atoms with E-state index in [9.17, 15) is 19.5 Å². The Morgan fingerprint density at radius 3 is 2.67 bits per heavy atom. The van der Waals surface area contributed by atoms with Crippen molar-refractivity contribution in [3.05, 3.63) is 61.2 Å². The van der Waals surface area contributed by atoms with E-state index in [1.165, 1.54) is 0 Å². The predicted molar refractivity (Wildman–Crippen MR) is 154 cm³/mol. The van der Waals surface area contributed by atoms with Gasteiger partial charge in [0.1, 0.15) is 6.04 Å². The highest BCUT2D eigenvalue weighted by Gasteiger charge is 2.74. The standard InChI is InChI=1S/C31H42N2O5S/c1-4-7-9-13-20-38-30(37)25-24-16-17-31(39-24)26(25)28(35)33(23(21-34)22-14-11-10-12-15-22)27(31)29(36)32(18-6-3)19-8-5-2/h4,6,10-12,14-15,23-27,34H,1,3,5,7-9,13,16-21H2,2H3/t23-,24+,25-,26+,27?,31?/m1/s1. The molecule has 1 aromatic carbocycles. The molecule has 3 aliphatic heterocycles. The van der Waals surface area contributed by atoms with Crippen molar-refractivity contribution in [2.45, 2.75) is 74.0 Å². The molecular formula is C31H42N2O5S. The van der Waals surface area contributed by atoms with Gasteiger partial charge in [-0.15, -0.1) is 24.9 Å². The fourth-order valence-corrected chi connectivity index (χ4v) is 8.82. The number of thioether (sulfide) groups is 1. The summed E-state index contributed by atoms with van der Waals surface area (Å²) in [6.45, 7) is 10.6. The van der Waals surface area contributed by atoms with Gasteiger partial charge in [-0.3, -0.25) is 14.4 Å². The van der Waals surface area contributed by atoms with Crippen LogP contribution in [0.15, 0.2) is 55.6 Å². The van der Waals surface area contributed by atoms with Gasteiger partial charge in [-0.1, -0.05) is 55.8 Å². The molecule has 1 N–H and O–H groups in total. The van der Waals surface area contributed by atoms with Crippen molar-refractivity contribution in [2.24, 2.45) is 11.8 Å². The van der Waals surface area contributed by atoms with Crippen LogP contribution in [0, 0.1) is 11.8 Å². The summed E-state index contributed by atoms with van der Waals surface area (Å²) in [5.74, 6) is -1.93. The first kappa shape index (κ1) is 29.4. The van der Waals surface area contributed by atoms with Crippen LogP contribution in [0.25, 0.3) is 0 Å². The zero-order chi connectivity index (χ0) is 28.0. The Morgan fingerprint density at radius 1 is 1.23 bits per heavy atom. The zero-order valence-corrected chi connectivity index (χ0v) is 23.8. The van der Waals surface area contributed by atoms with Gasteiger partial charge < -0.3 is 19.6 Å². The Kier molecular flexibility index (Phi) is 9.94. The lowest BCUT2D eigenvalue weighted by molar-refractivity contribution is -0.154. The number of carbonyl (C=O) groups excluding carboxylic acids is 3. The van der Waals surface area contributed by atoms with Gasteiger partial charge in [0.05, 0.1) is 35.8 Å². The van der Waals surface area contributed by atoms with E-state index < -0.39 is 28.7 Å². The highest BCUT2D eigenvalue weighted by atomic mass is 32.2. The third-order valence-electron chi connectivity index (χ3n) is 8.43. The third kappa shape index (κ3) is 5.55. The Morgan fingerprint density at radius 2 is 2.00 bits per heavy atom. The quantitative estimate of drug-likeness (QED) is 0.195. The SMILES string of the molecule is C=CCCCCOC(=O)[C@@H]1[C@@H]2CCC3(S2)C(C(=O)N(CC=C)CCCC)N([C@H](CO)c2ccccc2)C(=O)[C@H]13. The van der Waals surface area contributed by atoms with Gasteiger partial charge in [0, 0.05) is 18.3 Å². The van der Waals surface area contributed by atoms with Crippen LogP contribution >= 0.6 is 11.8 Å². The van der Waals surface area contributed by atoms with Crippen LogP contribution in [-0.2, 0) is 19.1 Å². The van der Waals surface area contributed by atoms with Crippen molar-refractivity contribution in [3.8, 4) is 0 Å². The smallest absolute Gasteiger partial charge is 0.310 e. The molecule has 212 valence electrons. The first-order valence-corrected chi connectivity index (χ1v) is 15.2. The summed E-state index contributed by atoms with van der Waals surface area (Å²) in [7, 11) is 0. The number of unbranched alkanes of at least 4 members (excludes halogenated alkanes) is 3. The first-order valence-electron chi connectivity index (χ1n) is 14.3. The molecule has 1 aromatic rings. The normalized spacial score (nSPS) is 27.7. The second-order valence-electron chi connectivity index (χ2n) is 10.8. The predicted octanol–water partition coefficient (Wildman–Crippen LogP) is 4.53. The highest BCUT2D eigenvalue weighted by molar-refractivity contribution is 8.02. The number of ether oxygens (including phenoxy) is 1. The molecular weight excluding hydrogens is 512 g/mol. The molecule has 39 heavy (non-hydrogen) atoms. The van der Waals surface area contributed by atoms with Gasteiger partial charge in [-0.05, 0) is 44.1 Å². The number of allylic oxidation sites excluding steroid dienone is 1. The lowest BCUT2D eigenvalue weighted by atomic mass is 9.71. The molecule has 2 unspecified atom stereocenters. The van der Waals surface area contributed by atoms with Crippen LogP contribution in [0.3, 0.4) is 0 Å². The largest absolute Gasteiger partial charge is 0.465 e. The molecule has 7 nitrogen and oxygen atoms in total. The van der Waals surface area contributed by atoms with E-state index in [-0.39, 0.29) is 29.6 Å². The molecule has 3 saturated heterocycles. The maximum absolute atomic E-state index is 14.4. The minimum atomic E-state index is -0.774. The maximum atomic E-state index is 14.4. The fourth-order valence-electron chi connectivity index (χ4n) is 6.63. The van der Waals surface area contributed by atoms with Crippen molar-refractivity contribution in [1.29, 1.82) is 0 Å². The number of nitrogens with zero attached hydrogens (tertiary/aromatic N) is 2. The monoisotopic (exact) mass is 554 g/mol. The van der Waals surface area contributed by atoms with Crippen LogP contribution in [0.2, 0.25) is 0 Å². The number of aliphatic hydroxyl groups is 1. The van der Waals surface area contributed by atoms with Gasteiger partial charge in [-0.2, -0.15) is 0 Å². The molecule has 1 spiro atoms. The lowest BCUT2D eigenvalue weighted by Crippen LogP contribution is -2.55. The molecule has 6 atom stereocenters. The second kappa shape index (κ2) is 13.2. The van der Waals surface area contributed by atoms with Crippen molar-refractivity contribution in [3.63, 3.8) is 0 Å². The summed E-state index contributed by atoms with van der Waals surface area (Å²) in [5.41, 5.74) is 0.771. The minimum Gasteiger partial charge on any atom is -0.465 e. The number of carbonyl (C=O) groups is 3. The minimum absolute atomic E-state index is 0.0510. The number of hydrogen-bond donors (Lipinski definition) is 1. The Bertz CT molecular complexity index is 1050. The summed E-state index contributed by atoms with van der Waals surface area (Å²) in [5, 5.41) is 10.5. The Labute approximate surface area is 236 Å². The van der Waals surface area contributed by atoms with Crippen molar-refractivity contribution >= 4 is 29.5 Å². The number of benzene rings is 1. The number of amides is 2. The van der Waals surface area contributed by atoms with Crippen LogP contribution in [0.4, 0.5) is 0 Å². The summed E-state index contributed by atoms with van der Waals surface area (Å²) < 4.78 is 4.98. The van der Waals surface area contributed by atoms with Crippen molar-refractivity contribution in [1.82, 2.24) is 9.80 Å². The molecule has 0 aromatic heterocycles. The average molecular weight is 555 g/mol.